The lowest BCUT2D eigenvalue weighted by molar-refractivity contribution is -0.121. The molecule has 3 rings (SSSR count). The molecule has 0 radical (unpaired) electrons. The maximum Gasteiger partial charge on any atom is 0.267 e. The minimum Gasteiger partial charge on any atom is -0.496 e. The van der Waals surface area contributed by atoms with Crippen LogP contribution < -0.4 is 15.6 Å². The predicted molar refractivity (Wildman–Crippen MR) is 115 cm³/mol. The lowest BCUT2D eigenvalue weighted by atomic mass is 10.1. The molecule has 1 amide bonds. The number of hydrogen-bond acceptors (Lipinski definition) is 5. The molecule has 7 heteroatoms. The first kappa shape index (κ1) is 20.7. The Morgan fingerprint density at radius 1 is 1.10 bits per heavy atom. The molecule has 3 aromatic rings. The van der Waals surface area contributed by atoms with E-state index in [4.69, 9.17) is 4.74 Å². The number of methoxy groups -OCH3 is 1. The minimum atomic E-state index is -0.311. The Bertz CT molecular complexity index is 1030. The number of rotatable bonds is 8. The third-order valence-corrected chi connectivity index (χ3v) is 5.20. The Hall–Kier alpha value is -3.06. The third-order valence-electron chi connectivity index (χ3n) is 4.45. The van der Waals surface area contributed by atoms with Crippen molar-refractivity contribution >= 4 is 17.7 Å². The second-order valence-electron chi connectivity index (χ2n) is 6.35. The van der Waals surface area contributed by atoms with Gasteiger partial charge < -0.3 is 10.1 Å². The summed E-state index contributed by atoms with van der Waals surface area (Å²) in [6.45, 7) is 0.325. The van der Waals surface area contributed by atoms with Gasteiger partial charge >= 0.3 is 0 Å². The molecule has 0 atom stereocenters. The summed E-state index contributed by atoms with van der Waals surface area (Å²) in [6.07, 6.45) is 2.65. The van der Waals surface area contributed by atoms with E-state index in [1.54, 1.807) is 24.9 Å². The van der Waals surface area contributed by atoms with E-state index >= 15 is 0 Å². The Balaban J connectivity index is 1.63. The zero-order valence-electron chi connectivity index (χ0n) is 16.4. The van der Waals surface area contributed by atoms with Crippen LogP contribution in [0.4, 0.5) is 0 Å². The molecule has 1 heterocycles. The van der Waals surface area contributed by atoms with Crippen molar-refractivity contribution < 1.29 is 9.53 Å². The quantitative estimate of drug-likeness (QED) is 0.579. The lowest BCUT2D eigenvalue weighted by Gasteiger charge is -2.10. The number of amides is 1. The van der Waals surface area contributed by atoms with Crippen LogP contribution in [0.25, 0.3) is 11.3 Å². The van der Waals surface area contributed by atoms with Gasteiger partial charge in [-0.15, -0.1) is 11.8 Å². The van der Waals surface area contributed by atoms with E-state index in [2.05, 4.69) is 10.4 Å². The zero-order valence-corrected chi connectivity index (χ0v) is 17.2. The monoisotopic (exact) mass is 409 g/mol. The fourth-order valence-corrected chi connectivity index (χ4v) is 3.32. The van der Waals surface area contributed by atoms with Gasteiger partial charge in [-0.2, -0.15) is 5.10 Å². The summed E-state index contributed by atoms with van der Waals surface area (Å²) in [6, 6.07) is 18.7. The van der Waals surface area contributed by atoms with Crippen LogP contribution in [0.5, 0.6) is 5.75 Å². The first-order valence-corrected chi connectivity index (χ1v) is 10.4. The number of para-hydroxylation sites is 1. The van der Waals surface area contributed by atoms with Crippen LogP contribution in [0.1, 0.15) is 5.56 Å². The fraction of sp³-hybridized carbons (Fsp3) is 0.227. The van der Waals surface area contributed by atoms with Gasteiger partial charge in [0.25, 0.3) is 5.56 Å². The first-order valence-electron chi connectivity index (χ1n) is 9.22. The topological polar surface area (TPSA) is 73.2 Å². The van der Waals surface area contributed by atoms with Crippen LogP contribution in [0, 0.1) is 0 Å². The normalized spacial score (nSPS) is 10.6. The molecule has 0 saturated carbocycles. The predicted octanol–water partition coefficient (Wildman–Crippen LogP) is 3.00. The Labute approximate surface area is 173 Å². The van der Waals surface area contributed by atoms with Crippen LogP contribution >= 0.6 is 11.8 Å². The summed E-state index contributed by atoms with van der Waals surface area (Å²) in [5.74, 6) is 0.532. The molecule has 29 heavy (non-hydrogen) atoms. The summed E-state index contributed by atoms with van der Waals surface area (Å²) in [5.41, 5.74) is 2.25. The van der Waals surface area contributed by atoms with Crippen molar-refractivity contribution in [2.45, 2.75) is 17.9 Å². The van der Waals surface area contributed by atoms with Crippen molar-refractivity contribution in [3.8, 4) is 17.0 Å². The molecular formula is C22H23N3O3S. The van der Waals surface area contributed by atoms with Crippen LogP contribution in [0.2, 0.25) is 0 Å². The molecule has 0 bridgehead atoms. The molecule has 6 nitrogen and oxygen atoms in total. The molecule has 0 saturated heterocycles. The Kier molecular flexibility index (Phi) is 7.08. The van der Waals surface area contributed by atoms with Crippen molar-refractivity contribution in [2.75, 3.05) is 19.9 Å². The van der Waals surface area contributed by atoms with Crippen LogP contribution in [-0.4, -0.2) is 35.6 Å². The maximum absolute atomic E-state index is 12.3. The largest absolute Gasteiger partial charge is 0.496 e. The number of carbonyl (C=O) groups is 1. The van der Waals surface area contributed by atoms with Gasteiger partial charge in [-0.25, -0.2) is 4.68 Å². The molecule has 0 aliphatic carbocycles. The molecule has 0 fully saturated rings. The molecule has 0 unspecified atom stereocenters. The lowest BCUT2D eigenvalue weighted by Crippen LogP contribution is -2.34. The second kappa shape index (κ2) is 9.93. The zero-order chi connectivity index (χ0) is 20.6. The SMILES string of the molecule is COc1ccccc1CCNC(=O)Cn1nc(-c2ccc(SC)cc2)ccc1=O. The molecule has 0 aliphatic heterocycles. The summed E-state index contributed by atoms with van der Waals surface area (Å²) in [5, 5.41) is 7.18. The highest BCUT2D eigenvalue weighted by Crippen LogP contribution is 2.20. The van der Waals surface area contributed by atoms with E-state index in [-0.39, 0.29) is 18.0 Å². The number of ether oxygens (including phenoxy) is 1. The van der Waals surface area contributed by atoms with E-state index in [0.717, 1.165) is 21.8 Å². The van der Waals surface area contributed by atoms with Gasteiger partial charge in [0.2, 0.25) is 5.91 Å². The van der Waals surface area contributed by atoms with E-state index < -0.39 is 0 Å². The molecule has 150 valence electrons. The van der Waals surface area contributed by atoms with Crippen molar-refractivity contribution in [1.29, 1.82) is 0 Å². The molecule has 0 spiro atoms. The molecule has 1 aromatic heterocycles. The highest BCUT2D eigenvalue weighted by Gasteiger charge is 2.09. The second-order valence-corrected chi connectivity index (χ2v) is 7.23. The molecule has 1 N–H and O–H groups in total. The fourth-order valence-electron chi connectivity index (χ4n) is 2.92. The van der Waals surface area contributed by atoms with Crippen molar-refractivity contribution in [3.63, 3.8) is 0 Å². The van der Waals surface area contributed by atoms with Gasteiger partial charge in [0, 0.05) is 23.1 Å². The van der Waals surface area contributed by atoms with Gasteiger partial charge in [-0.05, 0) is 42.5 Å². The number of aromatic nitrogens is 2. The number of benzene rings is 2. The summed E-state index contributed by atoms with van der Waals surface area (Å²) in [4.78, 5) is 25.6. The van der Waals surface area contributed by atoms with Crippen molar-refractivity contribution in [1.82, 2.24) is 15.1 Å². The smallest absolute Gasteiger partial charge is 0.267 e. The minimum absolute atomic E-state index is 0.124. The number of carbonyl (C=O) groups excluding carboxylic acids is 1. The first-order chi connectivity index (χ1) is 14.1. The maximum atomic E-state index is 12.3. The van der Waals surface area contributed by atoms with Crippen LogP contribution in [0.3, 0.4) is 0 Å². The Morgan fingerprint density at radius 3 is 2.59 bits per heavy atom. The average Bonchev–Trinajstić information content (AvgIpc) is 2.75. The van der Waals surface area contributed by atoms with E-state index in [1.165, 1.54) is 10.7 Å². The van der Waals surface area contributed by atoms with E-state index in [1.807, 2.05) is 54.8 Å². The van der Waals surface area contributed by atoms with Crippen LogP contribution in [-0.2, 0) is 17.8 Å². The number of hydrogen-bond donors (Lipinski definition) is 1. The number of nitrogens with one attached hydrogen (secondary N) is 1. The third kappa shape index (κ3) is 5.48. The van der Waals surface area contributed by atoms with Gasteiger partial charge in [0.1, 0.15) is 12.3 Å². The molecular weight excluding hydrogens is 386 g/mol. The van der Waals surface area contributed by atoms with Gasteiger partial charge in [-0.1, -0.05) is 30.3 Å². The van der Waals surface area contributed by atoms with Crippen molar-refractivity contribution in [2.24, 2.45) is 0 Å². The highest BCUT2D eigenvalue weighted by atomic mass is 32.2. The molecule has 0 aliphatic rings. The Morgan fingerprint density at radius 2 is 1.86 bits per heavy atom. The number of nitrogens with zero attached hydrogens (tertiary/aromatic N) is 2. The average molecular weight is 410 g/mol. The highest BCUT2D eigenvalue weighted by molar-refractivity contribution is 7.98. The van der Waals surface area contributed by atoms with E-state index in [0.29, 0.717) is 18.7 Å². The molecule has 2 aromatic carbocycles. The summed E-state index contributed by atoms with van der Waals surface area (Å²) in [7, 11) is 1.62. The number of thioether (sulfide) groups is 1. The van der Waals surface area contributed by atoms with Crippen LogP contribution in [0.15, 0.2) is 70.4 Å². The van der Waals surface area contributed by atoms with Gasteiger partial charge in [0.15, 0.2) is 0 Å². The van der Waals surface area contributed by atoms with Crippen molar-refractivity contribution in [3.05, 3.63) is 76.6 Å². The van der Waals surface area contributed by atoms with Gasteiger partial charge in [-0.3, -0.25) is 9.59 Å². The summed E-state index contributed by atoms with van der Waals surface area (Å²) >= 11 is 1.66. The summed E-state index contributed by atoms with van der Waals surface area (Å²) < 4.78 is 6.51. The van der Waals surface area contributed by atoms with Gasteiger partial charge in [0.05, 0.1) is 12.8 Å². The van der Waals surface area contributed by atoms with E-state index in [9.17, 15) is 9.59 Å². The standard InChI is InChI=1S/C22H23N3O3S/c1-28-20-6-4-3-5-17(20)13-14-23-21(26)15-25-22(27)12-11-19(24-25)16-7-9-18(29-2)10-8-16/h3-12H,13-15H2,1-2H3,(H,23,26).